The van der Waals surface area contributed by atoms with Crippen molar-refractivity contribution < 1.29 is 4.79 Å². The van der Waals surface area contributed by atoms with Gasteiger partial charge in [-0.2, -0.15) is 0 Å². The fourth-order valence-electron chi connectivity index (χ4n) is 4.16. The second-order valence-corrected chi connectivity index (χ2v) is 8.15. The van der Waals surface area contributed by atoms with Gasteiger partial charge in [0.2, 0.25) is 5.91 Å². The lowest BCUT2D eigenvalue weighted by Crippen LogP contribution is -2.62. The number of amides is 1. The Morgan fingerprint density at radius 2 is 2.17 bits per heavy atom. The molecule has 3 saturated heterocycles. The van der Waals surface area contributed by atoms with Gasteiger partial charge in [0.05, 0.1) is 21.6 Å². The summed E-state index contributed by atoms with van der Waals surface area (Å²) in [7, 11) is 0. The summed E-state index contributed by atoms with van der Waals surface area (Å²) in [6.07, 6.45) is 2.91. The Balaban J connectivity index is 1.44. The van der Waals surface area contributed by atoms with E-state index >= 15 is 0 Å². The number of benzene rings is 1. The van der Waals surface area contributed by atoms with Crippen LogP contribution in [0.25, 0.3) is 10.2 Å². The Hall–Kier alpha value is -1.46. The lowest BCUT2D eigenvalue weighted by Gasteiger charge is -2.50. The molecule has 0 spiro atoms. The van der Waals surface area contributed by atoms with Crippen molar-refractivity contribution in [1.29, 1.82) is 0 Å². The Labute approximate surface area is 140 Å². The number of aryl methyl sites for hydroxylation is 1. The molecule has 2 atom stereocenters. The Bertz CT molecular complexity index is 731. The molecule has 1 aromatic carbocycles. The molecule has 2 aromatic rings. The minimum Gasteiger partial charge on any atom is -0.351 e. The standard InChI is InChI=1S/C18H23N3OS/c1-11-18(14-5-7-21(11)8-6-14)20-17(22)10-13-3-4-15-16(9-13)23-12(2)19-15/h3-4,9,11,14,18H,5-8,10H2,1-2H3,(H,20,22)/t11-,18+/m1/s1. The van der Waals surface area contributed by atoms with Crippen LogP contribution in [0.2, 0.25) is 0 Å². The van der Waals surface area contributed by atoms with Gasteiger partial charge in [-0.3, -0.25) is 9.69 Å². The quantitative estimate of drug-likeness (QED) is 0.942. The van der Waals surface area contributed by atoms with Gasteiger partial charge >= 0.3 is 0 Å². The SMILES string of the molecule is Cc1nc2ccc(CC(=O)N[C@@H]3C4CCN(CC4)[C@@H]3C)cc2s1. The van der Waals surface area contributed by atoms with Crippen molar-refractivity contribution in [3.8, 4) is 0 Å². The zero-order valence-electron chi connectivity index (χ0n) is 13.7. The monoisotopic (exact) mass is 329 g/mol. The fraction of sp³-hybridized carbons (Fsp3) is 0.556. The van der Waals surface area contributed by atoms with Crippen molar-refractivity contribution in [2.75, 3.05) is 13.1 Å². The highest BCUT2D eigenvalue weighted by molar-refractivity contribution is 7.18. The van der Waals surface area contributed by atoms with Gasteiger partial charge in [0, 0.05) is 12.1 Å². The molecule has 0 unspecified atom stereocenters. The van der Waals surface area contributed by atoms with Crippen LogP contribution in [-0.4, -0.2) is 41.0 Å². The van der Waals surface area contributed by atoms with Crippen molar-refractivity contribution in [2.45, 2.75) is 45.2 Å². The molecule has 1 aromatic heterocycles. The van der Waals surface area contributed by atoms with Crippen LogP contribution in [0.1, 0.15) is 30.3 Å². The molecule has 23 heavy (non-hydrogen) atoms. The minimum absolute atomic E-state index is 0.149. The molecule has 4 heterocycles. The van der Waals surface area contributed by atoms with E-state index in [0.717, 1.165) is 16.1 Å². The first-order valence-electron chi connectivity index (χ1n) is 8.49. The van der Waals surface area contributed by atoms with Gasteiger partial charge < -0.3 is 5.32 Å². The molecule has 5 rings (SSSR count). The molecule has 122 valence electrons. The maximum absolute atomic E-state index is 12.5. The van der Waals surface area contributed by atoms with Crippen LogP contribution in [0.5, 0.6) is 0 Å². The molecule has 0 saturated carbocycles. The van der Waals surface area contributed by atoms with E-state index < -0.39 is 0 Å². The molecule has 5 heteroatoms. The highest BCUT2D eigenvalue weighted by Crippen LogP contribution is 2.32. The van der Waals surface area contributed by atoms with Gasteiger partial charge in [0.15, 0.2) is 0 Å². The average molecular weight is 329 g/mol. The Morgan fingerprint density at radius 3 is 2.91 bits per heavy atom. The van der Waals surface area contributed by atoms with E-state index in [4.69, 9.17) is 0 Å². The predicted molar refractivity (Wildman–Crippen MR) is 93.8 cm³/mol. The van der Waals surface area contributed by atoms with Gasteiger partial charge in [-0.1, -0.05) is 6.07 Å². The molecule has 1 N–H and O–H groups in total. The number of nitrogens with zero attached hydrogens (tertiary/aromatic N) is 2. The van der Waals surface area contributed by atoms with E-state index in [0.29, 0.717) is 24.4 Å². The van der Waals surface area contributed by atoms with Gasteiger partial charge in [0.1, 0.15) is 0 Å². The molecule has 2 bridgehead atoms. The maximum atomic E-state index is 12.5. The summed E-state index contributed by atoms with van der Waals surface area (Å²) < 4.78 is 1.17. The van der Waals surface area contributed by atoms with Crippen LogP contribution >= 0.6 is 11.3 Å². The smallest absolute Gasteiger partial charge is 0.224 e. The average Bonchev–Trinajstić information content (AvgIpc) is 2.90. The van der Waals surface area contributed by atoms with E-state index in [1.54, 1.807) is 11.3 Å². The topological polar surface area (TPSA) is 45.2 Å². The number of aromatic nitrogens is 1. The lowest BCUT2D eigenvalue weighted by molar-refractivity contribution is -0.123. The number of hydrogen-bond donors (Lipinski definition) is 1. The van der Waals surface area contributed by atoms with Gasteiger partial charge in [0.25, 0.3) is 0 Å². The summed E-state index contributed by atoms with van der Waals surface area (Å²) in [4.78, 5) is 19.5. The number of piperidine rings is 3. The third kappa shape index (κ3) is 2.88. The van der Waals surface area contributed by atoms with Crippen LogP contribution in [0.15, 0.2) is 18.2 Å². The third-order valence-electron chi connectivity index (χ3n) is 5.43. The van der Waals surface area contributed by atoms with Crippen LogP contribution in [-0.2, 0) is 11.2 Å². The molecule has 3 aliphatic rings. The van der Waals surface area contributed by atoms with E-state index in [1.165, 1.54) is 30.6 Å². The van der Waals surface area contributed by atoms with E-state index in [2.05, 4.69) is 28.2 Å². The normalized spacial score (nSPS) is 29.8. The minimum atomic E-state index is 0.149. The summed E-state index contributed by atoms with van der Waals surface area (Å²) in [5, 5.41) is 4.38. The second-order valence-electron chi connectivity index (χ2n) is 6.92. The van der Waals surface area contributed by atoms with Crippen molar-refractivity contribution >= 4 is 27.5 Å². The largest absolute Gasteiger partial charge is 0.351 e. The molecule has 3 fully saturated rings. The van der Waals surface area contributed by atoms with Crippen LogP contribution in [0, 0.1) is 12.8 Å². The molecule has 1 amide bonds. The van der Waals surface area contributed by atoms with E-state index in [1.807, 2.05) is 19.1 Å². The molecule has 3 aliphatic heterocycles. The zero-order valence-corrected chi connectivity index (χ0v) is 14.5. The fourth-order valence-corrected chi connectivity index (χ4v) is 5.05. The summed E-state index contributed by atoms with van der Waals surface area (Å²) in [5.74, 6) is 0.807. The number of thiazole rings is 1. The Morgan fingerprint density at radius 1 is 1.39 bits per heavy atom. The first-order valence-corrected chi connectivity index (χ1v) is 9.31. The first-order chi connectivity index (χ1) is 11.1. The van der Waals surface area contributed by atoms with Crippen molar-refractivity contribution in [2.24, 2.45) is 5.92 Å². The molecule has 4 nitrogen and oxygen atoms in total. The Kier molecular flexibility index (Phi) is 3.85. The highest BCUT2D eigenvalue weighted by atomic mass is 32.1. The van der Waals surface area contributed by atoms with Gasteiger partial charge in [-0.25, -0.2) is 4.98 Å². The number of carbonyl (C=O) groups excluding carboxylic acids is 1. The number of fused-ring (bicyclic) bond motifs is 4. The summed E-state index contributed by atoms with van der Waals surface area (Å²) in [6.45, 7) is 6.66. The van der Waals surface area contributed by atoms with Crippen molar-refractivity contribution in [3.05, 3.63) is 28.8 Å². The molecule has 0 radical (unpaired) electrons. The number of rotatable bonds is 3. The van der Waals surface area contributed by atoms with Gasteiger partial charge in [-0.15, -0.1) is 11.3 Å². The van der Waals surface area contributed by atoms with Crippen molar-refractivity contribution in [1.82, 2.24) is 15.2 Å². The van der Waals surface area contributed by atoms with Gasteiger partial charge in [-0.05, 0) is 63.4 Å². The number of hydrogen-bond acceptors (Lipinski definition) is 4. The second kappa shape index (κ2) is 5.87. The van der Waals surface area contributed by atoms with Crippen LogP contribution < -0.4 is 5.32 Å². The third-order valence-corrected chi connectivity index (χ3v) is 6.36. The summed E-state index contributed by atoms with van der Waals surface area (Å²) in [6, 6.07) is 6.95. The van der Waals surface area contributed by atoms with Crippen LogP contribution in [0.4, 0.5) is 0 Å². The zero-order chi connectivity index (χ0) is 16.0. The maximum Gasteiger partial charge on any atom is 0.224 e. The highest BCUT2D eigenvalue weighted by Gasteiger charge is 2.40. The van der Waals surface area contributed by atoms with Crippen molar-refractivity contribution in [3.63, 3.8) is 0 Å². The molecule has 0 aliphatic carbocycles. The van der Waals surface area contributed by atoms with E-state index in [9.17, 15) is 4.79 Å². The number of carbonyl (C=O) groups is 1. The summed E-state index contributed by atoms with van der Waals surface area (Å²) >= 11 is 1.69. The predicted octanol–water partition coefficient (Wildman–Crippen LogP) is 2.75. The molecular weight excluding hydrogens is 306 g/mol. The summed E-state index contributed by atoms with van der Waals surface area (Å²) in [5.41, 5.74) is 2.11. The molecular formula is C18H23N3OS. The lowest BCUT2D eigenvalue weighted by atomic mass is 9.79. The van der Waals surface area contributed by atoms with Crippen LogP contribution in [0.3, 0.4) is 0 Å². The number of nitrogens with one attached hydrogen (secondary N) is 1. The van der Waals surface area contributed by atoms with E-state index in [-0.39, 0.29) is 5.91 Å². The first kappa shape index (κ1) is 15.1.